The zero-order valence-electron chi connectivity index (χ0n) is 6.15. The lowest BCUT2D eigenvalue weighted by molar-refractivity contribution is 0.686. The Balaban J connectivity index is 2.34. The molecular formula is C6H9N3OS. The molecule has 1 heterocycles. The predicted molar refractivity (Wildman–Crippen MR) is 46.9 cm³/mol. The van der Waals surface area contributed by atoms with E-state index in [0.29, 0.717) is 12.4 Å². The summed E-state index contributed by atoms with van der Waals surface area (Å²) in [5.74, 6) is 0.585. The van der Waals surface area contributed by atoms with E-state index in [9.17, 15) is 4.21 Å². The van der Waals surface area contributed by atoms with Crippen LogP contribution in [0.4, 0.5) is 0 Å². The molecule has 5 heteroatoms. The van der Waals surface area contributed by atoms with E-state index < -0.39 is 11.2 Å². The van der Waals surface area contributed by atoms with Crippen LogP contribution < -0.4 is 5.32 Å². The molecule has 0 saturated carbocycles. The summed E-state index contributed by atoms with van der Waals surface area (Å²) in [4.78, 5) is 0. The molecule has 0 spiro atoms. The standard InChI is InChI=1S/C6H9N3OS/c1-2-3-4-7-6-5-8-11(10)9-6/h2-3,5H,4H2,1H3,(H,7,9). The fourth-order valence-electron chi connectivity index (χ4n) is 0.586. The average Bonchev–Trinajstić information content (AvgIpc) is 2.37. The van der Waals surface area contributed by atoms with Crippen molar-refractivity contribution in [3.63, 3.8) is 0 Å². The molecule has 1 aliphatic heterocycles. The molecule has 0 aliphatic carbocycles. The maximum atomic E-state index is 10.6. The number of nitrogens with zero attached hydrogens (tertiary/aromatic N) is 2. The summed E-state index contributed by atoms with van der Waals surface area (Å²) in [5, 5.41) is 2.93. The molecule has 0 aromatic carbocycles. The van der Waals surface area contributed by atoms with Gasteiger partial charge in [-0.3, -0.25) is 0 Å². The lowest BCUT2D eigenvalue weighted by Crippen LogP contribution is -2.22. The second-order valence-electron chi connectivity index (χ2n) is 1.89. The van der Waals surface area contributed by atoms with Gasteiger partial charge in [0.2, 0.25) is 0 Å². The van der Waals surface area contributed by atoms with Gasteiger partial charge in [0.15, 0.2) is 5.84 Å². The zero-order valence-corrected chi connectivity index (χ0v) is 6.97. The van der Waals surface area contributed by atoms with Crippen molar-refractivity contribution in [3.05, 3.63) is 12.2 Å². The minimum Gasteiger partial charge on any atom is -0.365 e. The van der Waals surface area contributed by atoms with E-state index in [1.165, 1.54) is 6.21 Å². The summed E-state index contributed by atoms with van der Waals surface area (Å²) in [7, 11) is 0. The average molecular weight is 171 g/mol. The van der Waals surface area contributed by atoms with Crippen LogP contribution in [0.3, 0.4) is 0 Å². The summed E-state index contributed by atoms with van der Waals surface area (Å²) in [5.41, 5.74) is 0. The van der Waals surface area contributed by atoms with Gasteiger partial charge in [0.25, 0.3) is 11.2 Å². The molecule has 0 radical (unpaired) electrons. The maximum Gasteiger partial charge on any atom is 0.267 e. The molecule has 0 saturated heterocycles. The van der Waals surface area contributed by atoms with Gasteiger partial charge in [-0.1, -0.05) is 12.2 Å². The smallest absolute Gasteiger partial charge is 0.267 e. The Bertz CT molecular complexity index is 244. The summed E-state index contributed by atoms with van der Waals surface area (Å²) >= 11 is -1.39. The predicted octanol–water partition coefficient (Wildman–Crippen LogP) is 0.214. The van der Waals surface area contributed by atoms with Gasteiger partial charge in [0.1, 0.15) is 0 Å². The number of nitrogens with one attached hydrogen (secondary N) is 1. The van der Waals surface area contributed by atoms with Crippen LogP contribution in [0, 0.1) is 0 Å². The van der Waals surface area contributed by atoms with E-state index >= 15 is 0 Å². The minimum atomic E-state index is -1.39. The van der Waals surface area contributed by atoms with Crippen molar-refractivity contribution >= 4 is 23.2 Å². The quantitative estimate of drug-likeness (QED) is 0.604. The van der Waals surface area contributed by atoms with Crippen molar-refractivity contribution in [2.45, 2.75) is 6.92 Å². The molecule has 0 aromatic rings. The van der Waals surface area contributed by atoms with Gasteiger partial charge in [-0.15, -0.1) is 4.40 Å². The van der Waals surface area contributed by atoms with E-state index in [2.05, 4.69) is 14.1 Å². The van der Waals surface area contributed by atoms with Crippen LogP contribution in [0.5, 0.6) is 0 Å². The van der Waals surface area contributed by atoms with Crippen LogP contribution >= 0.6 is 0 Å². The van der Waals surface area contributed by atoms with Gasteiger partial charge < -0.3 is 5.32 Å². The topological polar surface area (TPSA) is 53.8 Å². The van der Waals surface area contributed by atoms with Crippen molar-refractivity contribution in [3.8, 4) is 0 Å². The fraction of sp³-hybridized carbons (Fsp3) is 0.333. The molecule has 1 atom stereocenters. The molecule has 4 nitrogen and oxygen atoms in total. The van der Waals surface area contributed by atoms with Gasteiger partial charge in [-0.25, -0.2) is 4.21 Å². The lowest BCUT2D eigenvalue weighted by Gasteiger charge is -1.95. The van der Waals surface area contributed by atoms with E-state index in [0.717, 1.165) is 0 Å². The number of allylic oxidation sites excluding steroid dienone is 1. The summed E-state index contributed by atoms with van der Waals surface area (Å²) in [6, 6.07) is 0. The third kappa shape index (κ3) is 2.63. The van der Waals surface area contributed by atoms with E-state index in [1.807, 2.05) is 19.1 Å². The van der Waals surface area contributed by atoms with Crippen LogP contribution in [0.15, 0.2) is 20.9 Å². The zero-order chi connectivity index (χ0) is 8.10. The second kappa shape index (κ2) is 4.02. The summed E-state index contributed by atoms with van der Waals surface area (Å²) < 4.78 is 17.8. The highest BCUT2D eigenvalue weighted by atomic mass is 32.2. The molecule has 1 aliphatic rings. The van der Waals surface area contributed by atoms with Gasteiger partial charge in [-0.05, 0) is 6.92 Å². The first-order chi connectivity index (χ1) is 5.33. The summed E-state index contributed by atoms with van der Waals surface area (Å²) in [6.45, 7) is 2.63. The van der Waals surface area contributed by atoms with Crippen molar-refractivity contribution in [2.75, 3.05) is 6.54 Å². The molecule has 1 rings (SSSR count). The number of amidine groups is 1. The third-order valence-corrected chi connectivity index (χ3v) is 1.72. The fourth-order valence-corrected chi connectivity index (χ4v) is 1.10. The van der Waals surface area contributed by atoms with E-state index in [-0.39, 0.29) is 0 Å². The normalized spacial score (nSPS) is 22.6. The number of hydrogen-bond donors (Lipinski definition) is 1. The lowest BCUT2D eigenvalue weighted by atomic mass is 10.5. The van der Waals surface area contributed by atoms with E-state index in [4.69, 9.17) is 0 Å². The van der Waals surface area contributed by atoms with Gasteiger partial charge in [0, 0.05) is 6.54 Å². The van der Waals surface area contributed by atoms with Crippen LogP contribution in [0.1, 0.15) is 6.92 Å². The summed E-state index contributed by atoms with van der Waals surface area (Å²) in [6.07, 6.45) is 5.34. The first-order valence-corrected chi connectivity index (χ1v) is 4.29. The first-order valence-electron chi connectivity index (χ1n) is 3.22. The van der Waals surface area contributed by atoms with Gasteiger partial charge in [0.05, 0.1) is 6.21 Å². The van der Waals surface area contributed by atoms with Crippen molar-refractivity contribution < 1.29 is 4.21 Å². The van der Waals surface area contributed by atoms with Crippen LogP contribution in [-0.4, -0.2) is 22.8 Å². The highest BCUT2D eigenvalue weighted by Gasteiger charge is 2.03. The SMILES string of the molecule is CC=CCNC1=NS(=O)N=C1. The number of rotatable bonds is 2. The van der Waals surface area contributed by atoms with Crippen molar-refractivity contribution in [1.29, 1.82) is 0 Å². The molecule has 0 amide bonds. The van der Waals surface area contributed by atoms with Gasteiger partial charge in [-0.2, -0.15) is 4.40 Å². The second-order valence-corrected chi connectivity index (χ2v) is 2.75. The van der Waals surface area contributed by atoms with Crippen LogP contribution in [-0.2, 0) is 11.2 Å². The molecule has 1 N–H and O–H groups in total. The molecule has 11 heavy (non-hydrogen) atoms. The Kier molecular flexibility index (Phi) is 2.97. The third-order valence-electron chi connectivity index (χ3n) is 1.08. The highest BCUT2D eigenvalue weighted by Crippen LogP contribution is 1.92. The Hall–Kier alpha value is -0.970. The van der Waals surface area contributed by atoms with Gasteiger partial charge >= 0.3 is 0 Å². The van der Waals surface area contributed by atoms with Crippen LogP contribution in [0.25, 0.3) is 0 Å². The van der Waals surface area contributed by atoms with Crippen molar-refractivity contribution in [2.24, 2.45) is 8.80 Å². The Morgan fingerprint density at radius 2 is 2.64 bits per heavy atom. The molecule has 1 unspecified atom stereocenters. The molecule has 0 bridgehead atoms. The van der Waals surface area contributed by atoms with E-state index in [1.54, 1.807) is 0 Å². The Morgan fingerprint density at radius 3 is 3.18 bits per heavy atom. The van der Waals surface area contributed by atoms with Crippen molar-refractivity contribution in [1.82, 2.24) is 5.32 Å². The molecule has 60 valence electrons. The first kappa shape index (κ1) is 8.13. The largest absolute Gasteiger partial charge is 0.365 e. The minimum absolute atomic E-state index is 0.585. The van der Waals surface area contributed by atoms with Crippen LogP contribution in [0.2, 0.25) is 0 Å². The monoisotopic (exact) mass is 171 g/mol. The molecule has 0 aromatic heterocycles. The Morgan fingerprint density at radius 1 is 1.82 bits per heavy atom. The molecule has 0 fully saturated rings. The molecular weight excluding hydrogens is 162 g/mol. The number of hydrogen-bond acceptors (Lipinski definition) is 2. The Labute approximate surface area is 67.9 Å². The highest BCUT2D eigenvalue weighted by molar-refractivity contribution is 7.83. The maximum absolute atomic E-state index is 10.6.